The Labute approximate surface area is 69.8 Å². The SMILES string of the molecule is COC(=O)[C@@H](N)[C@@H](C)C[N+](=O)[O-]. The highest BCUT2D eigenvalue weighted by atomic mass is 16.6. The maximum atomic E-state index is 10.8. The second kappa shape index (κ2) is 4.66. The van der Waals surface area contributed by atoms with Crippen LogP contribution in [0.4, 0.5) is 0 Å². The zero-order valence-electron chi connectivity index (χ0n) is 7.02. The standard InChI is InChI=1S/C6H12N2O4/c1-4(3-8(10)11)5(7)6(9)12-2/h4-5H,3,7H2,1-2H3/t4-,5-/m0/s1. The van der Waals surface area contributed by atoms with E-state index in [4.69, 9.17) is 5.73 Å². The van der Waals surface area contributed by atoms with Gasteiger partial charge in [0.25, 0.3) is 0 Å². The average molecular weight is 176 g/mol. The van der Waals surface area contributed by atoms with Crippen molar-refractivity contribution in [2.45, 2.75) is 13.0 Å². The van der Waals surface area contributed by atoms with E-state index in [0.717, 1.165) is 0 Å². The molecule has 6 heteroatoms. The summed E-state index contributed by atoms with van der Waals surface area (Å²) in [6.45, 7) is 1.21. The Kier molecular flexibility index (Phi) is 4.20. The molecule has 0 amide bonds. The number of nitro groups is 1. The Morgan fingerprint density at radius 3 is 2.58 bits per heavy atom. The molecule has 0 aliphatic carbocycles. The Morgan fingerprint density at radius 2 is 2.25 bits per heavy atom. The zero-order valence-corrected chi connectivity index (χ0v) is 7.02. The van der Waals surface area contributed by atoms with Crippen molar-refractivity contribution in [3.05, 3.63) is 10.1 Å². The lowest BCUT2D eigenvalue weighted by Crippen LogP contribution is -2.40. The van der Waals surface area contributed by atoms with Crippen LogP contribution in [-0.2, 0) is 9.53 Å². The molecule has 2 N–H and O–H groups in total. The molecule has 2 atom stereocenters. The van der Waals surface area contributed by atoms with Gasteiger partial charge in [-0.3, -0.25) is 14.9 Å². The molecule has 0 fully saturated rings. The van der Waals surface area contributed by atoms with Gasteiger partial charge in [0.1, 0.15) is 6.04 Å². The fourth-order valence-electron chi connectivity index (χ4n) is 0.717. The van der Waals surface area contributed by atoms with Gasteiger partial charge in [0.15, 0.2) is 0 Å². The average Bonchev–Trinajstić information content (AvgIpc) is 2.00. The van der Waals surface area contributed by atoms with Crippen molar-refractivity contribution in [3.63, 3.8) is 0 Å². The van der Waals surface area contributed by atoms with E-state index in [-0.39, 0.29) is 6.54 Å². The Morgan fingerprint density at radius 1 is 1.75 bits per heavy atom. The van der Waals surface area contributed by atoms with Crippen molar-refractivity contribution < 1.29 is 14.5 Å². The van der Waals surface area contributed by atoms with Gasteiger partial charge < -0.3 is 10.5 Å². The summed E-state index contributed by atoms with van der Waals surface area (Å²) in [5.74, 6) is -1.13. The smallest absolute Gasteiger partial charge is 0.323 e. The molecule has 0 aromatic carbocycles. The normalized spacial score (nSPS) is 14.9. The van der Waals surface area contributed by atoms with E-state index in [1.807, 2.05) is 0 Å². The minimum Gasteiger partial charge on any atom is -0.468 e. The molecule has 0 saturated carbocycles. The first-order valence-electron chi connectivity index (χ1n) is 3.44. The first kappa shape index (κ1) is 10.8. The van der Waals surface area contributed by atoms with Crippen LogP contribution in [0.3, 0.4) is 0 Å². The highest BCUT2D eigenvalue weighted by Gasteiger charge is 2.25. The van der Waals surface area contributed by atoms with E-state index in [0.29, 0.717) is 0 Å². The molecule has 0 bridgehead atoms. The maximum Gasteiger partial charge on any atom is 0.323 e. The molecular formula is C6H12N2O4. The van der Waals surface area contributed by atoms with Crippen molar-refractivity contribution in [2.24, 2.45) is 11.7 Å². The first-order valence-corrected chi connectivity index (χ1v) is 3.44. The van der Waals surface area contributed by atoms with Gasteiger partial charge in [-0.05, 0) is 0 Å². The molecule has 0 aliphatic rings. The Hall–Kier alpha value is -1.17. The number of nitrogens with zero attached hydrogens (tertiary/aromatic N) is 1. The summed E-state index contributed by atoms with van der Waals surface area (Å²) < 4.78 is 4.33. The lowest BCUT2D eigenvalue weighted by Gasteiger charge is -2.12. The monoisotopic (exact) mass is 176 g/mol. The van der Waals surface area contributed by atoms with Gasteiger partial charge in [-0.2, -0.15) is 0 Å². The number of nitrogens with two attached hydrogens (primary N) is 1. The molecule has 0 radical (unpaired) electrons. The van der Waals surface area contributed by atoms with Crippen LogP contribution in [0, 0.1) is 16.0 Å². The minimum atomic E-state index is -0.916. The second-order valence-corrected chi connectivity index (χ2v) is 2.54. The molecule has 0 spiro atoms. The fraction of sp³-hybridized carbons (Fsp3) is 0.833. The number of hydrogen-bond donors (Lipinski definition) is 1. The van der Waals surface area contributed by atoms with Gasteiger partial charge in [0.2, 0.25) is 6.54 Å². The number of carbonyl (C=O) groups is 1. The third kappa shape index (κ3) is 3.29. The molecule has 6 nitrogen and oxygen atoms in total. The molecule has 0 aromatic heterocycles. The molecule has 70 valence electrons. The molecule has 12 heavy (non-hydrogen) atoms. The van der Waals surface area contributed by atoms with Crippen LogP contribution in [0.5, 0.6) is 0 Å². The second-order valence-electron chi connectivity index (χ2n) is 2.54. The molecule has 0 rings (SSSR count). The third-order valence-corrected chi connectivity index (χ3v) is 1.52. The summed E-state index contributed by atoms with van der Waals surface area (Å²) in [5.41, 5.74) is 5.34. The Balaban J connectivity index is 4.00. The maximum absolute atomic E-state index is 10.8. The number of carbonyl (C=O) groups excluding carboxylic acids is 1. The van der Waals surface area contributed by atoms with Crippen molar-refractivity contribution in [1.82, 2.24) is 0 Å². The van der Waals surface area contributed by atoms with Gasteiger partial charge in [-0.25, -0.2) is 0 Å². The van der Waals surface area contributed by atoms with Gasteiger partial charge in [0, 0.05) is 10.8 Å². The van der Waals surface area contributed by atoms with Crippen molar-refractivity contribution in [2.75, 3.05) is 13.7 Å². The van der Waals surface area contributed by atoms with Crippen LogP contribution < -0.4 is 5.73 Å². The van der Waals surface area contributed by atoms with Gasteiger partial charge in [0.05, 0.1) is 7.11 Å². The van der Waals surface area contributed by atoms with E-state index in [2.05, 4.69) is 4.74 Å². The highest BCUT2D eigenvalue weighted by Crippen LogP contribution is 2.01. The zero-order chi connectivity index (χ0) is 9.72. The quantitative estimate of drug-likeness (QED) is 0.350. The van der Waals surface area contributed by atoms with Crippen molar-refractivity contribution >= 4 is 5.97 Å². The van der Waals surface area contributed by atoms with E-state index in [1.165, 1.54) is 14.0 Å². The van der Waals surface area contributed by atoms with Crippen LogP contribution >= 0.6 is 0 Å². The van der Waals surface area contributed by atoms with Crippen LogP contribution in [0.2, 0.25) is 0 Å². The lowest BCUT2D eigenvalue weighted by atomic mass is 10.0. The van der Waals surface area contributed by atoms with E-state index < -0.39 is 22.9 Å². The summed E-state index contributed by atoms with van der Waals surface area (Å²) in [5, 5.41) is 10.0. The molecule has 0 saturated heterocycles. The topological polar surface area (TPSA) is 95.5 Å². The largest absolute Gasteiger partial charge is 0.468 e. The molecule has 0 unspecified atom stereocenters. The molecule has 0 aromatic rings. The van der Waals surface area contributed by atoms with Gasteiger partial charge in [-0.1, -0.05) is 6.92 Å². The van der Waals surface area contributed by atoms with Crippen LogP contribution in [0.25, 0.3) is 0 Å². The van der Waals surface area contributed by atoms with Crippen LogP contribution in [-0.4, -0.2) is 30.6 Å². The van der Waals surface area contributed by atoms with Gasteiger partial charge in [-0.15, -0.1) is 0 Å². The number of hydrogen-bond acceptors (Lipinski definition) is 5. The first-order chi connectivity index (χ1) is 5.49. The van der Waals surface area contributed by atoms with E-state index >= 15 is 0 Å². The van der Waals surface area contributed by atoms with Crippen LogP contribution in [0.15, 0.2) is 0 Å². The van der Waals surface area contributed by atoms with E-state index in [9.17, 15) is 14.9 Å². The number of esters is 1. The number of ether oxygens (including phenoxy) is 1. The number of rotatable bonds is 4. The van der Waals surface area contributed by atoms with Crippen LogP contribution in [0.1, 0.15) is 6.92 Å². The summed E-state index contributed by atoms with van der Waals surface area (Å²) >= 11 is 0. The fourth-order valence-corrected chi connectivity index (χ4v) is 0.717. The summed E-state index contributed by atoms with van der Waals surface area (Å²) in [6, 6.07) is -0.916. The van der Waals surface area contributed by atoms with Crippen molar-refractivity contribution in [3.8, 4) is 0 Å². The summed E-state index contributed by atoms with van der Waals surface area (Å²) in [6.07, 6.45) is 0. The minimum absolute atomic E-state index is 0.323. The van der Waals surface area contributed by atoms with E-state index in [1.54, 1.807) is 0 Å². The summed E-state index contributed by atoms with van der Waals surface area (Å²) in [4.78, 5) is 20.3. The molecule has 0 heterocycles. The highest BCUT2D eigenvalue weighted by molar-refractivity contribution is 5.75. The Bertz CT molecular complexity index is 182. The van der Waals surface area contributed by atoms with Crippen molar-refractivity contribution in [1.29, 1.82) is 0 Å². The van der Waals surface area contributed by atoms with Gasteiger partial charge >= 0.3 is 5.97 Å². The number of methoxy groups -OCH3 is 1. The predicted molar refractivity (Wildman–Crippen MR) is 41.0 cm³/mol. The molecule has 0 aliphatic heterocycles. The summed E-state index contributed by atoms with van der Waals surface area (Å²) in [7, 11) is 1.20. The lowest BCUT2D eigenvalue weighted by molar-refractivity contribution is -0.487. The third-order valence-electron chi connectivity index (χ3n) is 1.52. The molecular weight excluding hydrogens is 164 g/mol. The predicted octanol–water partition coefficient (Wildman–Crippen LogP) is -0.600.